The van der Waals surface area contributed by atoms with Crippen LogP contribution in [0, 0.1) is 32.8 Å². The number of allylic oxidation sites excluding steroid dienone is 1. The van der Waals surface area contributed by atoms with E-state index in [9.17, 15) is 10.1 Å². The summed E-state index contributed by atoms with van der Waals surface area (Å²) < 4.78 is 4.93. The summed E-state index contributed by atoms with van der Waals surface area (Å²) in [6.45, 7) is 0. The van der Waals surface area contributed by atoms with Gasteiger partial charge >= 0.3 is 0 Å². The van der Waals surface area contributed by atoms with E-state index in [2.05, 4.69) is 0 Å². The number of benzene rings is 1. The van der Waals surface area contributed by atoms with Crippen molar-refractivity contribution >= 4 is 11.4 Å². The highest BCUT2D eigenvalue weighted by atomic mass is 16.6. The Kier molecular flexibility index (Phi) is 3.80. The Morgan fingerprint density at radius 3 is 2.53 bits per heavy atom. The molecule has 0 aliphatic carbocycles. The van der Waals surface area contributed by atoms with Crippen molar-refractivity contribution in [2.75, 3.05) is 7.11 Å². The van der Waals surface area contributed by atoms with E-state index >= 15 is 0 Å². The first kappa shape index (κ1) is 12.2. The van der Waals surface area contributed by atoms with Gasteiger partial charge in [-0.2, -0.15) is 10.5 Å². The Morgan fingerprint density at radius 1 is 1.41 bits per heavy atom. The number of nitro groups is 1. The fourth-order valence-electron chi connectivity index (χ4n) is 1.25. The third-order valence-electron chi connectivity index (χ3n) is 1.97. The first-order valence-electron chi connectivity index (χ1n) is 4.47. The molecule has 1 aromatic rings. The topological polar surface area (TPSA) is 99.9 Å². The fourth-order valence-corrected chi connectivity index (χ4v) is 1.25. The molecule has 84 valence electrons. The lowest BCUT2D eigenvalue weighted by Gasteiger charge is -2.05. The van der Waals surface area contributed by atoms with Crippen LogP contribution in [0.2, 0.25) is 0 Å². The van der Waals surface area contributed by atoms with Crippen LogP contribution in [0.1, 0.15) is 5.56 Å². The second-order valence-electron chi connectivity index (χ2n) is 2.94. The third-order valence-corrected chi connectivity index (χ3v) is 1.97. The van der Waals surface area contributed by atoms with E-state index in [1.54, 1.807) is 12.1 Å². The van der Waals surface area contributed by atoms with E-state index < -0.39 is 4.92 Å². The second kappa shape index (κ2) is 5.29. The molecule has 0 unspecified atom stereocenters. The molecule has 0 radical (unpaired) electrons. The van der Waals surface area contributed by atoms with Gasteiger partial charge in [-0.15, -0.1) is 0 Å². The van der Waals surface area contributed by atoms with Crippen LogP contribution in [0.3, 0.4) is 0 Å². The predicted octanol–water partition coefficient (Wildman–Crippen LogP) is 2.00. The van der Waals surface area contributed by atoms with Gasteiger partial charge in [0.05, 0.1) is 12.0 Å². The summed E-state index contributed by atoms with van der Waals surface area (Å²) >= 11 is 0. The lowest BCUT2D eigenvalue weighted by atomic mass is 10.1. The molecule has 1 aromatic carbocycles. The van der Waals surface area contributed by atoms with E-state index in [1.807, 2.05) is 0 Å². The van der Waals surface area contributed by atoms with Crippen LogP contribution in [0.4, 0.5) is 5.69 Å². The van der Waals surface area contributed by atoms with Gasteiger partial charge in [0.25, 0.3) is 5.69 Å². The van der Waals surface area contributed by atoms with Crippen LogP contribution >= 0.6 is 0 Å². The molecule has 6 heteroatoms. The van der Waals surface area contributed by atoms with Gasteiger partial charge in [-0.3, -0.25) is 10.1 Å². The van der Waals surface area contributed by atoms with Crippen molar-refractivity contribution in [2.24, 2.45) is 0 Å². The van der Waals surface area contributed by atoms with E-state index in [4.69, 9.17) is 15.3 Å². The average Bonchev–Trinajstić information content (AvgIpc) is 2.35. The van der Waals surface area contributed by atoms with Crippen molar-refractivity contribution in [2.45, 2.75) is 0 Å². The summed E-state index contributed by atoms with van der Waals surface area (Å²) in [4.78, 5) is 10.0. The number of ether oxygens (including phenoxy) is 1. The molecule has 0 aliphatic heterocycles. The SMILES string of the molecule is COC(=C(C#N)C#N)c1cccc([N+](=O)[O-])c1. The maximum absolute atomic E-state index is 10.6. The Bertz CT molecular complexity index is 548. The molecule has 0 aromatic heterocycles. The quantitative estimate of drug-likeness (QED) is 0.341. The highest BCUT2D eigenvalue weighted by Crippen LogP contribution is 2.23. The maximum Gasteiger partial charge on any atom is 0.270 e. The summed E-state index contributed by atoms with van der Waals surface area (Å²) in [6.07, 6.45) is 0. The highest BCUT2D eigenvalue weighted by molar-refractivity contribution is 5.71. The molecule has 1 rings (SSSR count). The maximum atomic E-state index is 10.6. The first-order chi connectivity index (χ1) is 8.13. The molecule has 0 spiro atoms. The third kappa shape index (κ3) is 2.58. The van der Waals surface area contributed by atoms with E-state index in [0.717, 1.165) is 0 Å². The molecule has 0 N–H and O–H groups in total. The lowest BCUT2D eigenvalue weighted by Crippen LogP contribution is -1.94. The van der Waals surface area contributed by atoms with Crippen LogP contribution in [0.5, 0.6) is 0 Å². The molecule has 0 amide bonds. The molecule has 0 bridgehead atoms. The predicted molar refractivity (Wildman–Crippen MR) is 58.3 cm³/mol. The normalized spacial score (nSPS) is 8.65. The number of nitro benzene ring substituents is 1. The summed E-state index contributed by atoms with van der Waals surface area (Å²) in [7, 11) is 1.29. The van der Waals surface area contributed by atoms with Gasteiger partial charge in [-0.1, -0.05) is 12.1 Å². The number of hydrogen-bond acceptors (Lipinski definition) is 5. The molecule has 0 saturated carbocycles. The number of methoxy groups -OCH3 is 1. The van der Waals surface area contributed by atoms with Crippen LogP contribution in [-0.2, 0) is 4.74 Å². The van der Waals surface area contributed by atoms with Crippen molar-refractivity contribution in [3.63, 3.8) is 0 Å². The molecule has 0 saturated heterocycles. The minimum Gasteiger partial charge on any atom is -0.494 e. The zero-order valence-corrected chi connectivity index (χ0v) is 8.88. The van der Waals surface area contributed by atoms with Crippen LogP contribution in [0.25, 0.3) is 5.76 Å². The zero-order valence-electron chi connectivity index (χ0n) is 8.88. The van der Waals surface area contributed by atoms with Gasteiger partial charge < -0.3 is 4.74 Å². The monoisotopic (exact) mass is 229 g/mol. The summed E-state index contributed by atoms with van der Waals surface area (Å²) in [5.74, 6) is 0.0266. The average molecular weight is 229 g/mol. The standard InChI is InChI=1S/C11H7N3O3/c1-17-11(9(6-12)7-13)8-3-2-4-10(5-8)14(15)16/h2-5H,1H3. The smallest absolute Gasteiger partial charge is 0.270 e. The first-order valence-corrected chi connectivity index (χ1v) is 4.47. The molecule has 6 nitrogen and oxygen atoms in total. The van der Waals surface area contributed by atoms with Crippen LogP contribution < -0.4 is 0 Å². The molecule has 0 aliphatic rings. The number of nitrogens with zero attached hydrogens (tertiary/aromatic N) is 3. The molecule has 0 atom stereocenters. The summed E-state index contributed by atoms with van der Waals surface area (Å²) in [5, 5.41) is 28.0. The number of rotatable bonds is 3. The summed E-state index contributed by atoms with van der Waals surface area (Å²) in [6, 6.07) is 8.89. The number of nitriles is 2. The molecule has 0 fully saturated rings. The largest absolute Gasteiger partial charge is 0.494 e. The molecular formula is C11H7N3O3. The second-order valence-corrected chi connectivity index (χ2v) is 2.94. The number of hydrogen-bond donors (Lipinski definition) is 0. The lowest BCUT2D eigenvalue weighted by molar-refractivity contribution is -0.384. The summed E-state index contributed by atoms with van der Waals surface area (Å²) in [5.41, 5.74) is -0.0416. The molecule has 17 heavy (non-hydrogen) atoms. The van der Waals surface area contributed by atoms with Crippen LogP contribution in [-0.4, -0.2) is 12.0 Å². The van der Waals surface area contributed by atoms with E-state index in [1.165, 1.54) is 31.4 Å². The Morgan fingerprint density at radius 2 is 2.06 bits per heavy atom. The minimum atomic E-state index is -0.560. The zero-order chi connectivity index (χ0) is 12.8. The van der Waals surface area contributed by atoms with Crippen molar-refractivity contribution in [1.29, 1.82) is 10.5 Å². The molecular weight excluding hydrogens is 222 g/mol. The Hall–Kier alpha value is -2.86. The molecule has 0 heterocycles. The van der Waals surface area contributed by atoms with Gasteiger partial charge in [0.1, 0.15) is 12.1 Å². The van der Waals surface area contributed by atoms with Gasteiger partial charge in [-0.05, 0) is 0 Å². The highest BCUT2D eigenvalue weighted by Gasteiger charge is 2.13. The number of non-ortho nitro benzene ring substituents is 1. The Balaban J connectivity index is 3.38. The minimum absolute atomic E-state index is 0.0266. The van der Waals surface area contributed by atoms with Gasteiger partial charge in [0.2, 0.25) is 0 Å². The van der Waals surface area contributed by atoms with Crippen molar-refractivity contribution in [3.8, 4) is 12.1 Å². The van der Waals surface area contributed by atoms with Crippen LogP contribution in [0.15, 0.2) is 29.8 Å². The van der Waals surface area contributed by atoms with Gasteiger partial charge in [0.15, 0.2) is 11.3 Å². The Labute approximate surface area is 97.1 Å². The fraction of sp³-hybridized carbons (Fsp3) is 0.0909. The van der Waals surface area contributed by atoms with E-state index in [-0.39, 0.29) is 17.0 Å². The van der Waals surface area contributed by atoms with E-state index in [0.29, 0.717) is 5.56 Å². The van der Waals surface area contributed by atoms with Gasteiger partial charge in [-0.25, -0.2) is 0 Å². The van der Waals surface area contributed by atoms with Gasteiger partial charge in [0, 0.05) is 17.7 Å². The van der Waals surface area contributed by atoms with Crippen molar-refractivity contribution in [1.82, 2.24) is 0 Å². The van der Waals surface area contributed by atoms with Crippen molar-refractivity contribution < 1.29 is 9.66 Å². The van der Waals surface area contributed by atoms with Crippen molar-refractivity contribution in [3.05, 3.63) is 45.5 Å².